The molecular formula is C26H21Cl2NO4. The highest BCUT2D eigenvalue weighted by molar-refractivity contribution is 6.54. The summed E-state index contributed by atoms with van der Waals surface area (Å²) in [4.78, 5) is 13.3. The first kappa shape index (κ1) is 23.0. The van der Waals surface area contributed by atoms with Gasteiger partial charge in [-0.2, -0.15) is 5.26 Å². The highest BCUT2D eigenvalue weighted by Crippen LogP contribution is 2.65. The van der Waals surface area contributed by atoms with Crippen LogP contribution in [0.25, 0.3) is 0 Å². The summed E-state index contributed by atoms with van der Waals surface area (Å²) in [5, 5.41) is 9.74. The summed E-state index contributed by atoms with van der Waals surface area (Å²) in [5.74, 6) is 1.19. The molecule has 0 heterocycles. The minimum absolute atomic E-state index is 0.186. The van der Waals surface area contributed by atoms with Crippen LogP contribution in [0.2, 0.25) is 0 Å². The van der Waals surface area contributed by atoms with E-state index in [0.717, 1.165) is 0 Å². The summed E-state index contributed by atoms with van der Waals surface area (Å²) in [5.41, 5.74) is -0.163. The van der Waals surface area contributed by atoms with Gasteiger partial charge in [0.05, 0.1) is 6.61 Å². The molecule has 0 radical (unpaired) electrons. The zero-order chi connectivity index (χ0) is 23.5. The second-order valence-corrected chi connectivity index (χ2v) is 9.13. The Labute approximate surface area is 202 Å². The van der Waals surface area contributed by atoms with E-state index >= 15 is 0 Å². The van der Waals surface area contributed by atoms with E-state index in [2.05, 4.69) is 0 Å². The normalized spacial score (nSPS) is 19.1. The Bertz CT molecular complexity index is 1170. The van der Waals surface area contributed by atoms with Gasteiger partial charge in [0.2, 0.25) is 6.10 Å². The van der Waals surface area contributed by atoms with Crippen LogP contribution in [0.5, 0.6) is 17.2 Å². The van der Waals surface area contributed by atoms with E-state index in [-0.39, 0.29) is 6.42 Å². The molecule has 3 aromatic carbocycles. The monoisotopic (exact) mass is 481 g/mol. The molecule has 4 rings (SSSR count). The second-order valence-electron chi connectivity index (χ2n) is 7.65. The molecule has 168 valence electrons. The molecule has 0 N–H and O–H groups in total. The van der Waals surface area contributed by atoms with E-state index < -0.39 is 21.8 Å². The van der Waals surface area contributed by atoms with Crippen molar-refractivity contribution in [2.45, 2.75) is 29.2 Å². The van der Waals surface area contributed by atoms with Crippen molar-refractivity contribution in [1.29, 1.82) is 5.26 Å². The largest absolute Gasteiger partial charge is 0.494 e. The zero-order valence-electron chi connectivity index (χ0n) is 17.8. The van der Waals surface area contributed by atoms with Crippen LogP contribution in [0, 0.1) is 11.3 Å². The van der Waals surface area contributed by atoms with E-state index in [4.69, 9.17) is 37.4 Å². The molecule has 0 unspecified atom stereocenters. The number of esters is 1. The molecule has 1 fully saturated rings. The third-order valence-electron chi connectivity index (χ3n) is 5.48. The lowest BCUT2D eigenvalue weighted by Gasteiger charge is -2.20. The number of hydrogen-bond donors (Lipinski definition) is 0. The van der Waals surface area contributed by atoms with Gasteiger partial charge in [-0.05, 0) is 48.9 Å². The van der Waals surface area contributed by atoms with Gasteiger partial charge in [-0.3, -0.25) is 4.79 Å². The SMILES string of the molecule is CCOc1ccc([C@@]2(C(=O)O[C@@H](C#N)c3cccc(Oc4ccccc4)c3)CC2(Cl)Cl)cc1. The van der Waals surface area contributed by atoms with Crippen molar-refractivity contribution in [3.8, 4) is 23.3 Å². The number of nitrogens with zero attached hydrogens (tertiary/aromatic N) is 1. The molecule has 0 bridgehead atoms. The smallest absolute Gasteiger partial charge is 0.321 e. The van der Waals surface area contributed by atoms with Gasteiger partial charge in [0, 0.05) is 12.0 Å². The lowest BCUT2D eigenvalue weighted by Crippen LogP contribution is -2.30. The Balaban J connectivity index is 1.55. The quantitative estimate of drug-likeness (QED) is 0.271. The van der Waals surface area contributed by atoms with E-state index in [1.54, 1.807) is 48.5 Å². The van der Waals surface area contributed by atoms with Gasteiger partial charge in [-0.15, -0.1) is 0 Å². The van der Waals surface area contributed by atoms with Gasteiger partial charge in [0.15, 0.2) is 0 Å². The van der Waals surface area contributed by atoms with Crippen LogP contribution in [-0.2, 0) is 14.9 Å². The molecule has 7 heteroatoms. The number of benzene rings is 3. The summed E-state index contributed by atoms with van der Waals surface area (Å²) in [6, 6.07) is 25.1. The Hall–Kier alpha value is -3.20. The van der Waals surface area contributed by atoms with Crippen LogP contribution in [0.1, 0.15) is 30.6 Å². The molecular weight excluding hydrogens is 461 g/mol. The Morgan fingerprint density at radius 3 is 2.27 bits per heavy atom. The molecule has 1 aliphatic carbocycles. The van der Waals surface area contributed by atoms with E-state index in [1.165, 1.54) is 0 Å². The fourth-order valence-corrected chi connectivity index (χ4v) is 4.46. The summed E-state index contributed by atoms with van der Waals surface area (Å²) in [7, 11) is 0. The fourth-order valence-electron chi connectivity index (χ4n) is 3.69. The molecule has 1 aliphatic rings. The average molecular weight is 482 g/mol. The van der Waals surface area contributed by atoms with Crippen LogP contribution in [0.4, 0.5) is 0 Å². The molecule has 0 amide bonds. The molecule has 0 spiro atoms. The van der Waals surface area contributed by atoms with Crippen LogP contribution < -0.4 is 9.47 Å². The third kappa shape index (κ3) is 4.64. The Morgan fingerprint density at radius 1 is 1.00 bits per heavy atom. The average Bonchev–Trinajstić information content (AvgIpc) is 3.42. The summed E-state index contributed by atoms with van der Waals surface area (Å²) >= 11 is 12.8. The number of hydrogen-bond acceptors (Lipinski definition) is 5. The molecule has 2 atom stereocenters. The Kier molecular flexibility index (Phi) is 6.51. The minimum atomic E-state index is -1.32. The highest BCUT2D eigenvalue weighted by atomic mass is 35.5. The van der Waals surface area contributed by atoms with Crippen molar-refractivity contribution in [3.05, 3.63) is 90.0 Å². The van der Waals surface area contributed by atoms with Gasteiger partial charge >= 0.3 is 5.97 Å². The number of alkyl halides is 2. The highest BCUT2D eigenvalue weighted by Gasteiger charge is 2.73. The molecule has 5 nitrogen and oxygen atoms in total. The topological polar surface area (TPSA) is 68.5 Å². The van der Waals surface area contributed by atoms with E-state index in [1.807, 2.05) is 43.3 Å². The maximum Gasteiger partial charge on any atom is 0.321 e. The lowest BCUT2D eigenvalue weighted by atomic mass is 9.95. The second kappa shape index (κ2) is 9.35. The summed E-state index contributed by atoms with van der Waals surface area (Å²) in [6.45, 7) is 2.41. The maximum atomic E-state index is 13.3. The van der Waals surface area contributed by atoms with Crippen molar-refractivity contribution >= 4 is 29.2 Å². The number of carbonyl (C=O) groups excluding carboxylic acids is 1. The third-order valence-corrected chi connectivity index (χ3v) is 6.39. The number of ether oxygens (including phenoxy) is 3. The number of carbonyl (C=O) groups is 1. The first-order chi connectivity index (χ1) is 15.9. The Morgan fingerprint density at radius 2 is 1.67 bits per heavy atom. The molecule has 3 aromatic rings. The van der Waals surface area contributed by atoms with Gasteiger partial charge < -0.3 is 14.2 Å². The number of rotatable bonds is 8. The van der Waals surface area contributed by atoms with Gasteiger partial charge in [-0.1, -0.05) is 65.7 Å². The van der Waals surface area contributed by atoms with Crippen molar-refractivity contribution in [3.63, 3.8) is 0 Å². The first-order valence-electron chi connectivity index (χ1n) is 10.4. The molecule has 1 saturated carbocycles. The number of para-hydroxylation sites is 1. The van der Waals surface area contributed by atoms with Gasteiger partial charge in [0.1, 0.15) is 33.1 Å². The summed E-state index contributed by atoms with van der Waals surface area (Å²) < 4.78 is 15.6. The standard InChI is InChI=1S/C26H21Cl2NO4/c1-2-31-20-13-11-19(12-14-20)25(17-26(25,27)28)24(30)33-23(16-29)18-7-6-10-22(15-18)32-21-8-4-3-5-9-21/h3-15,23H,2,17H2,1H3/t23-,25+/m0/s1. The van der Waals surface area contributed by atoms with E-state index in [9.17, 15) is 10.1 Å². The first-order valence-corrected chi connectivity index (χ1v) is 11.2. The van der Waals surface area contributed by atoms with Crippen molar-refractivity contribution in [2.24, 2.45) is 0 Å². The van der Waals surface area contributed by atoms with Crippen LogP contribution >= 0.6 is 23.2 Å². The predicted octanol–water partition coefficient (Wildman–Crippen LogP) is 6.50. The number of nitriles is 1. The molecule has 0 saturated heterocycles. The van der Waals surface area contributed by atoms with Crippen molar-refractivity contribution in [2.75, 3.05) is 6.61 Å². The molecule has 0 aromatic heterocycles. The van der Waals surface area contributed by atoms with Gasteiger partial charge in [0.25, 0.3) is 0 Å². The minimum Gasteiger partial charge on any atom is -0.494 e. The van der Waals surface area contributed by atoms with Crippen LogP contribution in [0.15, 0.2) is 78.9 Å². The zero-order valence-corrected chi connectivity index (χ0v) is 19.3. The van der Waals surface area contributed by atoms with Crippen molar-refractivity contribution in [1.82, 2.24) is 0 Å². The summed E-state index contributed by atoms with van der Waals surface area (Å²) in [6.07, 6.45) is -0.966. The van der Waals surface area contributed by atoms with Crippen molar-refractivity contribution < 1.29 is 19.0 Å². The molecule has 33 heavy (non-hydrogen) atoms. The van der Waals surface area contributed by atoms with Gasteiger partial charge in [-0.25, -0.2) is 0 Å². The molecule has 0 aliphatic heterocycles. The van der Waals surface area contributed by atoms with Crippen LogP contribution in [0.3, 0.4) is 0 Å². The van der Waals surface area contributed by atoms with E-state index in [0.29, 0.717) is 35.0 Å². The maximum absolute atomic E-state index is 13.3. The lowest BCUT2D eigenvalue weighted by molar-refractivity contribution is -0.150. The van der Waals surface area contributed by atoms with Crippen LogP contribution in [-0.4, -0.2) is 16.9 Å². The number of halogens is 2. The predicted molar refractivity (Wildman–Crippen MR) is 126 cm³/mol. The fraction of sp³-hybridized carbons (Fsp3) is 0.231.